The molecule has 0 aromatic heterocycles. The number of hydrogen-bond donors (Lipinski definition) is 1. The first kappa shape index (κ1) is 16.1. The molecule has 25 heavy (non-hydrogen) atoms. The van der Waals surface area contributed by atoms with E-state index in [4.69, 9.17) is 10.5 Å². The van der Waals surface area contributed by atoms with Crippen molar-refractivity contribution in [1.29, 1.82) is 0 Å². The van der Waals surface area contributed by atoms with Gasteiger partial charge in [0.2, 0.25) is 0 Å². The summed E-state index contributed by atoms with van der Waals surface area (Å²) in [7, 11) is 0. The summed E-state index contributed by atoms with van der Waals surface area (Å²) in [5.74, 6) is -2.14. The Kier molecular flexibility index (Phi) is 3.89. The van der Waals surface area contributed by atoms with Crippen molar-refractivity contribution in [3.8, 4) is 0 Å². The van der Waals surface area contributed by atoms with Crippen molar-refractivity contribution in [2.45, 2.75) is 0 Å². The topological polar surface area (TPSA) is 133 Å². The summed E-state index contributed by atoms with van der Waals surface area (Å²) in [6.45, 7) is -0.618. The zero-order valence-corrected chi connectivity index (χ0v) is 12.7. The van der Waals surface area contributed by atoms with E-state index in [0.29, 0.717) is 0 Å². The van der Waals surface area contributed by atoms with Gasteiger partial charge < -0.3 is 10.5 Å². The van der Waals surface area contributed by atoms with E-state index in [1.807, 2.05) is 0 Å². The van der Waals surface area contributed by atoms with Crippen LogP contribution in [-0.4, -0.2) is 34.3 Å². The number of hydrogen-bond acceptors (Lipinski definition) is 7. The number of nitro benzene ring substituents is 1. The molecule has 0 saturated heterocycles. The van der Waals surface area contributed by atoms with E-state index in [2.05, 4.69) is 0 Å². The number of ether oxygens (including phenoxy) is 1. The molecule has 0 spiro atoms. The maximum atomic E-state index is 12.2. The van der Waals surface area contributed by atoms with Crippen LogP contribution in [0.2, 0.25) is 0 Å². The van der Waals surface area contributed by atoms with Crippen molar-refractivity contribution >= 4 is 29.2 Å². The van der Waals surface area contributed by atoms with Crippen LogP contribution in [0, 0.1) is 10.1 Å². The number of amides is 2. The summed E-state index contributed by atoms with van der Waals surface area (Å²) in [5, 5.41) is 10.8. The average Bonchev–Trinajstić information content (AvgIpc) is 2.84. The molecule has 9 heteroatoms. The van der Waals surface area contributed by atoms with E-state index in [0.717, 1.165) is 17.0 Å². The fraction of sp³-hybridized carbons (Fsp3) is 0.0625. The number of carbonyl (C=O) groups excluding carboxylic acids is 3. The Hall–Kier alpha value is -3.75. The molecule has 9 nitrogen and oxygen atoms in total. The minimum Gasteiger partial charge on any atom is -0.440 e. The number of fused-ring (bicyclic) bond motifs is 1. The van der Waals surface area contributed by atoms with Gasteiger partial charge in [-0.1, -0.05) is 12.1 Å². The van der Waals surface area contributed by atoms with Crippen molar-refractivity contribution in [3.63, 3.8) is 0 Å². The monoisotopic (exact) mass is 341 g/mol. The fourth-order valence-electron chi connectivity index (χ4n) is 2.39. The number of rotatable bonds is 4. The van der Waals surface area contributed by atoms with Crippen LogP contribution in [-0.2, 0) is 4.74 Å². The number of imide groups is 1. The normalized spacial score (nSPS) is 12.9. The molecule has 2 N–H and O–H groups in total. The summed E-state index contributed by atoms with van der Waals surface area (Å²) in [5.41, 5.74) is 5.50. The van der Waals surface area contributed by atoms with E-state index >= 15 is 0 Å². The van der Waals surface area contributed by atoms with Crippen molar-refractivity contribution in [3.05, 3.63) is 69.3 Å². The molecular formula is C16H11N3O6. The minimum atomic E-state index is -0.974. The molecule has 126 valence electrons. The second-order valence-electron chi connectivity index (χ2n) is 5.17. The molecule has 2 aromatic rings. The van der Waals surface area contributed by atoms with Crippen molar-refractivity contribution in [1.82, 2.24) is 4.90 Å². The highest BCUT2D eigenvalue weighted by Gasteiger charge is 2.36. The Morgan fingerprint density at radius 2 is 1.72 bits per heavy atom. The van der Waals surface area contributed by atoms with Crippen LogP contribution in [0.3, 0.4) is 0 Å². The maximum Gasteiger partial charge on any atom is 0.342 e. The van der Waals surface area contributed by atoms with E-state index in [1.54, 1.807) is 12.1 Å². The second-order valence-corrected chi connectivity index (χ2v) is 5.17. The highest BCUT2D eigenvalue weighted by atomic mass is 16.6. The van der Waals surface area contributed by atoms with Gasteiger partial charge in [-0.2, -0.15) is 0 Å². The summed E-state index contributed by atoms with van der Waals surface area (Å²) >= 11 is 0. The molecule has 3 rings (SSSR count). The van der Waals surface area contributed by atoms with Gasteiger partial charge in [-0.3, -0.25) is 19.7 Å². The molecule has 0 aliphatic carbocycles. The highest BCUT2D eigenvalue weighted by molar-refractivity contribution is 6.21. The second kappa shape index (κ2) is 6.04. The quantitative estimate of drug-likeness (QED) is 0.293. The predicted octanol–water partition coefficient (Wildman–Crippen LogP) is 1.59. The van der Waals surface area contributed by atoms with Crippen molar-refractivity contribution < 1.29 is 24.0 Å². The number of anilines is 1. The Morgan fingerprint density at radius 3 is 2.28 bits per heavy atom. The number of esters is 1. The first-order valence-corrected chi connectivity index (χ1v) is 7.06. The first-order chi connectivity index (χ1) is 11.9. The third kappa shape index (κ3) is 2.78. The number of non-ortho nitro benzene ring substituents is 1. The Bertz CT molecular complexity index is 889. The Labute approximate surface area is 140 Å². The predicted molar refractivity (Wildman–Crippen MR) is 84.7 cm³/mol. The van der Waals surface area contributed by atoms with Crippen molar-refractivity contribution in [2.75, 3.05) is 12.5 Å². The van der Waals surface area contributed by atoms with E-state index in [1.165, 1.54) is 18.2 Å². The maximum absolute atomic E-state index is 12.2. The van der Waals surface area contributed by atoms with Gasteiger partial charge in [0.05, 0.1) is 21.6 Å². The third-order valence-corrected chi connectivity index (χ3v) is 3.67. The summed E-state index contributed by atoms with van der Waals surface area (Å²) in [4.78, 5) is 47.3. The van der Waals surface area contributed by atoms with Crippen LogP contribution in [0.5, 0.6) is 0 Å². The lowest BCUT2D eigenvalue weighted by molar-refractivity contribution is -0.384. The Morgan fingerprint density at radius 1 is 1.12 bits per heavy atom. The van der Waals surface area contributed by atoms with E-state index < -0.39 is 29.4 Å². The summed E-state index contributed by atoms with van der Waals surface area (Å²) < 4.78 is 4.94. The molecule has 0 fully saturated rings. The number of nitrogens with zero attached hydrogens (tertiary/aromatic N) is 2. The number of nitro groups is 1. The largest absolute Gasteiger partial charge is 0.440 e. The minimum absolute atomic E-state index is 0.0158. The molecule has 1 heterocycles. The van der Waals surface area contributed by atoms with Gasteiger partial charge in [-0.15, -0.1) is 0 Å². The van der Waals surface area contributed by atoms with Gasteiger partial charge in [0.1, 0.15) is 0 Å². The smallest absolute Gasteiger partial charge is 0.342 e. The molecule has 0 radical (unpaired) electrons. The highest BCUT2D eigenvalue weighted by Crippen LogP contribution is 2.24. The lowest BCUT2D eigenvalue weighted by Crippen LogP contribution is -2.33. The van der Waals surface area contributed by atoms with Crippen LogP contribution in [0.25, 0.3) is 0 Å². The van der Waals surface area contributed by atoms with Gasteiger partial charge in [0.15, 0.2) is 6.73 Å². The molecule has 0 saturated carbocycles. The lowest BCUT2D eigenvalue weighted by Gasteiger charge is -2.14. The molecule has 2 aromatic carbocycles. The fourth-order valence-corrected chi connectivity index (χ4v) is 2.39. The molecule has 0 atom stereocenters. The van der Waals surface area contributed by atoms with Gasteiger partial charge in [-0.05, 0) is 18.2 Å². The number of nitrogens with two attached hydrogens (primary N) is 1. The van der Waals surface area contributed by atoms with Crippen LogP contribution >= 0.6 is 0 Å². The van der Waals surface area contributed by atoms with Crippen LogP contribution in [0.15, 0.2) is 42.5 Å². The molecule has 0 bridgehead atoms. The number of nitrogen functional groups attached to an aromatic ring is 1. The molecule has 1 aliphatic heterocycles. The zero-order valence-electron chi connectivity index (χ0n) is 12.7. The summed E-state index contributed by atoms with van der Waals surface area (Å²) in [6, 6.07) is 9.55. The van der Waals surface area contributed by atoms with E-state index in [9.17, 15) is 24.5 Å². The SMILES string of the molecule is Nc1ccc([N+](=O)[O-])cc1C(=O)OCN1C(=O)c2ccccc2C1=O. The average molecular weight is 341 g/mol. The molecule has 2 amide bonds. The van der Waals surface area contributed by atoms with Gasteiger partial charge in [0, 0.05) is 17.8 Å². The zero-order chi connectivity index (χ0) is 18.1. The Balaban J connectivity index is 1.76. The van der Waals surface area contributed by atoms with Gasteiger partial charge in [-0.25, -0.2) is 9.69 Å². The first-order valence-electron chi connectivity index (χ1n) is 7.06. The third-order valence-electron chi connectivity index (χ3n) is 3.67. The molecule has 0 unspecified atom stereocenters. The van der Waals surface area contributed by atoms with Crippen LogP contribution in [0.1, 0.15) is 31.1 Å². The number of carbonyl (C=O) groups is 3. The van der Waals surface area contributed by atoms with Gasteiger partial charge >= 0.3 is 5.97 Å². The standard InChI is InChI=1S/C16H11N3O6/c17-13-6-5-9(19(23)24)7-12(13)16(22)25-8-18-14(20)10-3-1-2-4-11(10)15(18)21/h1-7H,8,17H2. The van der Waals surface area contributed by atoms with Crippen molar-refractivity contribution in [2.24, 2.45) is 0 Å². The number of benzene rings is 2. The molecule has 1 aliphatic rings. The summed E-state index contributed by atoms with van der Waals surface area (Å²) in [6.07, 6.45) is 0. The lowest BCUT2D eigenvalue weighted by atomic mass is 10.1. The van der Waals surface area contributed by atoms with Gasteiger partial charge in [0.25, 0.3) is 17.5 Å². The van der Waals surface area contributed by atoms with Crippen LogP contribution in [0.4, 0.5) is 11.4 Å². The van der Waals surface area contributed by atoms with Crippen LogP contribution < -0.4 is 5.73 Å². The van der Waals surface area contributed by atoms with E-state index in [-0.39, 0.29) is 28.1 Å². The molecular weight excluding hydrogens is 330 g/mol.